The quantitative estimate of drug-likeness (QED) is 0.591. The van der Waals surface area contributed by atoms with Crippen LogP contribution in [-0.4, -0.2) is 36.4 Å². The second kappa shape index (κ2) is 9.37. The molecule has 34 heavy (non-hydrogen) atoms. The van der Waals surface area contributed by atoms with E-state index in [2.05, 4.69) is 11.4 Å². The molecule has 1 fully saturated rings. The van der Waals surface area contributed by atoms with Crippen molar-refractivity contribution >= 4 is 11.8 Å². The molecule has 6 nitrogen and oxygen atoms in total. The lowest BCUT2D eigenvalue weighted by Crippen LogP contribution is -2.54. The highest BCUT2D eigenvalue weighted by Crippen LogP contribution is 2.44. The van der Waals surface area contributed by atoms with E-state index >= 15 is 0 Å². The van der Waals surface area contributed by atoms with Gasteiger partial charge >= 0.3 is 0 Å². The number of furan rings is 1. The smallest absolute Gasteiger partial charge is 0.290 e. The van der Waals surface area contributed by atoms with Gasteiger partial charge in [-0.25, -0.2) is 0 Å². The van der Waals surface area contributed by atoms with Crippen LogP contribution in [0.3, 0.4) is 0 Å². The van der Waals surface area contributed by atoms with Crippen LogP contribution < -0.4 is 10.1 Å². The normalized spacial score (nSPS) is 18.9. The van der Waals surface area contributed by atoms with Crippen LogP contribution in [0.5, 0.6) is 5.75 Å². The van der Waals surface area contributed by atoms with Crippen molar-refractivity contribution in [2.75, 3.05) is 13.7 Å². The van der Waals surface area contributed by atoms with Gasteiger partial charge in [0.1, 0.15) is 11.8 Å². The zero-order valence-corrected chi connectivity index (χ0v) is 19.5. The molecule has 2 heterocycles. The molecule has 0 bridgehead atoms. The number of amides is 2. The molecule has 5 rings (SSSR count). The molecule has 0 saturated heterocycles. The van der Waals surface area contributed by atoms with Crippen LogP contribution in [0.15, 0.2) is 71.3 Å². The van der Waals surface area contributed by atoms with Gasteiger partial charge in [-0.2, -0.15) is 0 Å². The third-order valence-electron chi connectivity index (χ3n) is 7.38. The van der Waals surface area contributed by atoms with Crippen molar-refractivity contribution in [3.8, 4) is 5.75 Å². The number of carbonyl (C=O) groups is 2. The first-order valence-electron chi connectivity index (χ1n) is 11.9. The Morgan fingerprint density at radius 2 is 1.76 bits per heavy atom. The molecule has 1 atom stereocenters. The zero-order chi connectivity index (χ0) is 23.5. The van der Waals surface area contributed by atoms with E-state index in [1.807, 2.05) is 42.5 Å². The van der Waals surface area contributed by atoms with Crippen molar-refractivity contribution in [2.45, 2.75) is 50.1 Å². The van der Waals surface area contributed by atoms with Gasteiger partial charge in [0.05, 0.1) is 13.4 Å². The standard InChI is InChI=1S/C28H30N2O4/c1-33-24-12-5-4-11-22(24)28(14-6-7-15-28)19-29-26(31)23-17-20-9-2-3-10-21(20)18-30(23)27(32)25-13-8-16-34-25/h2-5,8-13,16,23H,6-7,14-15,17-19H2,1H3,(H,29,31). The molecular weight excluding hydrogens is 428 g/mol. The predicted molar refractivity (Wildman–Crippen MR) is 129 cm³/mol. The third-order valence-corrected chi connectivity index (χ3v) is 7.38. The molecular formula is C28H30N2O4. The highest BCUT2D eigenvalue weighted by atomic mass is 16.5. The highest BCUT2D eigenvalue weighted by molar-refractivity contribution is 5.96. The second-order valence-electron chi connectivity index (χ2n) is 9.30. The lowest BCUT2D eigenvalue weighted by atomic mass is 9.78. The van der Waals surface area contributed by atoms with Gasteiger partial charge < -0.3 is 19.4 Å². The highest BCUT2D eigenvalue weighted by Gasteiger charge is 2.40. The van der Waals surface area contributed by atoms with Gasteiger partial charge in [0.15, 0.2) is 5.76 Å². The van der Waals surface area contributed by atoms with E-state index in [0.29, 0.717) is 19.5 Å². The molecule has 176 valence electrons. The SMILES string of the molecule is COc1ccccc1C1(CNC(=O)C2Cc3ccccc3CN2C(=O)c2ccco2)CCCC1. The lowest BCUT2D eigenvalue weighted by molar-refractivity contribution is -0.126. The molecule has 1 aliphatic carbocycles. The summed E-state index contributed by atoms with van der Waals surface area (Å²) in [5.74, 6) is 0.717. The average molecular weight is 459 g/mol. The van der Waals surface area contributed by atoms with Gasteiger partial charge in [-0.15, -0.1) is 0 Å². The van der Waals surface area contributed by atoms with Crippen LogP contribution in [0.25, 0.3) is 0 Å². The number of hydrogen-bond acceptors (Lipinski definition) is 4. The Morgan fingerprint density at radius 1 is 1.03 bits per heavy atom. The van der Waals surface area contributed by atoms with Crippen molar-refractivity contribution < 1.29 is 18.7 Å². The fourth-order valence-electron chi connectivity index (χ4n) is 5.56. The molecule has 6 heteroatoms. The van der Waals surface area contributed by atoms with E-state index in [1.165, 1.54) is 6.26 Å². The fourth-order valence-corrected chi connectivity index (χ4v) is 5.56. The van der Waals surface area contributed by atoms with Crippen LogP contribution in [0.2, 0.25) is 0 Å². The van der Waals surface area contributed by atoms with E-state index in [1.54, 1.807) is 24.1 Å². The Labute approximate surface area is 199 Å². The molecule has 2 aliphatic rings. The van der Waals surface area contributed by atoms with E-state index in [4.69, 9.17) is 9.15 Å². The molecule has 1 N–H and O–H groups in total. The van der Waals surface area contributed by atoms with Gasteiger partial charge in [-0.1, -0.05) is 55.3 Å². The molecule has 2 amide bonds. The summed E-state index contributed by atoms with van der Waals surface area (Å²) in [6.07, 6.45) is 6.20. The maximum Gasteiger partial charge on any atom is 0.290 e. The Hall–Kier alpha value is -3.54. The van der Waals surface area contributed by atoms with E-state index < -0.39 is 6.04 Å². The summed E-state index contributed by atoms with van der Waals surface area (Å²) >= 11 is 0. The summed E-state index contributed by atoms with van der Waals surface area (Å²) in [5, 5.41) is 3.23. The third kappa shape index (κ3) is 4.09. The molecule has 1 aromatic heterocycles. The average Bonchev–Trinajstić information content (AvgIpc) is 3.59. The first kappa shape index (κ1) is 22.3. The summed E-state index contributed by atoms with van der Waals surface area (Å²) in [6.45, 7) is 0.901. The minimum atomic E-state index is -0.594. The van der Waals surface area contributed by atoms with E-state index in [0.717, 1.165) is 48.1 Å². The number of para-hydroxylation sites is 1. The van der Waals surface area contributed by atoms with Crippen LogP contribution in [0.1, 0.15) is 52.9 Å². The summed E-state index contributed by atoms with van der Waals surface area (Å²) < 4.78 is 11.0. The van der Waals surface area contributed by atoms with Crippen LogP contribution >= 0.6 is 0 Å². The van der Waals surface area contributed by atoms with Crippen LogP contribution in [-0.2, 0) is 23.2 Å². The van der Waals surface area contributed by atoms with Crippen molar-refractivity contribution in [2.24, 2.45) is 0 Å². The molecule has 0 spiro atoms. The predicted octanol–water partition coefficient (Wildman–Crippen LogP) is 4.48. The monoisotopic (exact) mass is 458 g/mol. The molecule has 2 aromatic carbocycles. The van der Waals surface area contributed by atoms with E-state index in [-0.39, 0.29) is 23.0 Å². The number of methoxy groups -OCH3 is 1. The number of benzene rings is 2. The van der Waals surface area contributed by atoms with Crippen molar-refractivity contribution in [3.05, 3.63) is 89.4 Å². The molecule has 3 aromatic rings. The number of hydrogen-bond donors (Lipinski definition) is 1. The Balaban J connectivity index is 1.40. The maximum absolute atomic E-state index is 13.6. The van der Waals surface area contributed by atoms with Crippen molar-refractivity contribution in [3.63, 3.8) is 0 Å². The van der Waals surface area contributed by atoms with Crippen LogP contribution in [0, 0.1) is 0 Å². The first-order chi connectivity index (χ1) is 16.6. The van der Waals surface area contributed by atoms with Crippen molar-refractivity contribution in [1.82, 2.24) is 10.2 Å². The topological polar surface area (TPSA) is 71.8 Å². The van der Waals surface area contributed by atoms with Gasteiger partial charge in [0.25, 0.3) is 5.91 Å². The number of ether oxygens (including phenoxy) is 1. The first-order valence-corrected chi connectivity index (χ1v) is 11.9. The molecule has 1 saturated carbocycles. The number of nitrogens with zero attached hydrogens (tertiary/aromatic N) is 1. The summed E-state index contributed by atoms with van der Waals surface area (Å²) in [6, 6.07) is 18.8. The largest absolute Gasteiger partial charge is 0.496 e. The molecule has 0 radical (unpaired) electrons. The van der Waals surface area contributed by atoms with Gasteiger partial charge in [0, 0.05) is 30.5 Å². The van der Waals surface area contributed by atoms with E-state index in [9.17, 15) is 9.59 Å². The maximum atomic E-state index is 13.6. The minimum absolute atomic E-state index is 0.129. The summed E-state index contributed by atoms with van der Waals surface area (Å²) in [7, 11) is 1.69. The number of rotatable bonds is 6. The number of nitrogens with one attached hydrogen (secondary N) is 1. The Kier molecular flexibility index (Phi) is 6.14. The van der Waals surface area contributed by atoms with Gasteiger partial charge in [0.2, 0.25) is 5.91 Å². The Bertz CT molecular complexity index is 1160. The zero-order valence-electron chi connectivity index (χ0n) is 19.5. The van der Waals surface area contributed by atoms with Crippen LogP contribution in [0.4, 0.5) is 0 Å². The summed E-state index contributed by atoms with van der Waals surface area (Å²) in [4.78, 5) is 28.5. The molecule has 1 unspecified atom stereocenters. The number of fused-ring (bicyclic) bond motifs is 1. The Morgan fingerprint density at radius 3 is 2.50 bits per heavy atom. The second-order valence-corrected chi connectivity index (χ2v) is 9.30. The van der Waals surface area contributed by atoms with Gasteiger partial charge in [-0.05, 0) is 42.2 Å². The fraction of sp³-hybridized carbons (Fsp3) is 0.357. The number of carbonyl (C=O) groups excluding carboxylic acids is 2. The van der Waals surface area contributed by atoms with Crippen molar-refractivity contribution in [1.29, 1.82) is 0 Å². The molecule has 1 aliphatic heterocycles. The minimum Gasteiger partial charge on any atom is -0.496 e. The van der Waals surface area contributed by atoms with Gasteiger partial charge in [-0.3, -0.25) is 9.59 Å². The lowest BCUT2D eigenvalue weighted by Gasteiger charge is -2.37. The summed E-state index contributed by atoms with van der Waals surface area (Å²) in [5.41, 5.74) is 3.15.